The Morgan fingerprint density at radius 3 is 2.93 bits per heavy atom. The summed E-state index contributed by atoms with van der Waals surface area (Å²) in [5, 5.41) is 7.84. The maximum absolute atomic E-state index is 12.6. The molecule has 0 radical (unpaired) electrons. The van der Waals surface area contributed by atoms with Gasteiger partial charge in [0.25, 0.3) is 0 Å². The van der Waals surface area contributed by atoms with Crippen LogP contribution in [0.2, 0.25) is 0 Å². The Kier molecular flexibility index (Phi) is 5.00. The molecule has 1 aliphatic heterocycles. The zero-order valence-electron chi connectivity index (χ0n) is 14.5. The second-order valence-corrected chi connectivity index (χ2v) is 8.22. The van der Waals surface area contributed by atoms with Crippen LogP contribution in [0.1, 0.15) is 18.2 Å². The molecule has 3 aromatic rings. The van der Waals surface area contributed by atoms with Crippen molar-refractivity contribution in [3.63, 3.8) is 0 Å². The van der Waals surface area contributed by atoms with E-state index in [1.165, 1.54) is 28.7 Å². The van der Waals surface area contributed by atoms with Crippen LogP contribution < -0.4 is 10.6 Å². The highest BCUT2D eigenvalue weighted by Crippen LogP contribution is 2.37. The fraction of sp³-hybridized carbons (Fsp3) is 0.211. The average molecular weight is 399 g/mol. The first kappa shape index (κ1) is 17.8. The Morgan fingerprint density at radius 2 is 2.11 bits per heavy atom. The summed E-state index contributed by atoms with van der Waals surface area (Å²) in [5.74, 6) is 1.11. The zero-order chi connectivity index (χ0) is 18.8. The van der Waals surface area contributed by atoms with E-state index in [2.05, 4.69) is 21.7 Å². The van der Waals surface area contributed by atoms with Crippen molar-refractivity contribution in [2.75, 3.05) is 5.32 Å². The summed E-state index contributed by atoms with van der Waals surface area (Å²) in [4.78, 5) is 29.1. The van der Waals surface area contributed by atoms with Crippen LogP contribution >= 0.6 is 23.1 Å². The summed E-state index contributed by atoms with van der Waals surface area (Å²) in [6.07, 6.45) is 0.732. The van der Waals surface area contributed by atoms with Crippen molar-refractivity contribution in [2.24, 2.45) is 0 Å². The molecule has 4 rings (SSSR count). The van der Waals surface area contributed by atoms with E-state index in [4.69, 9.17) is 4.42 Å². The Labute approximate surface area is 164 Å². The van der Waals surface area contributed by atoms with Crippen LogP contribution in [0, 0.1) is 0 Å². The van der Waals surface area contributed by atoms with Crippen molar-refractivity contribution in [3.05, 3.63) is 53.1 Å². The number of rotatable bonds is 5. The topological polar surface area (TPSA) is 84.2 Å². The van der Waals surface area contributed by atoms with Gasteiger partial charge in [-0.05, 0) is 30.2 Å². The monoisotopic (exact) mass is 399 g/mol. The lowest BCUT2D eigenvalue weighted by atomic mass is 10.1. The number of hydrogen-bond donors (Lipinski definition) is 2. The number of thiazole rings is 1. The highest BCUT2D eigenvalue weighted by molar-refractivity contribution is 8.01. The van der Waals surface area contributed by atoms with Gasteiger partial charge in [0.05, 0.1) is 11.8 Å². The van der Waals surface area contributed by atoms with Gasteiger partial charge in [-0.3, -0.25) is 9.59 Å². The molecule has 27 heavy (non-hydrogen) atoms. The van der Waals surface area contributed by atoms with E-state index in [1.807, 2.05) is 23.6 Å². The van der Waals surface area contributed by atoms with Gasteiger partial charge in [0, 0.05) is 17.2 Å². The van der Waals surface area contributed by atoms with E-state index < -0.39 is 0 Å². The van der Waals surface area contributed by atoms with E-state index >= 15 is 0 Å². The smallest absolute Gasteiger partial charge is 0.239 e. The number of thioether (sulfide) groups is 1. The molecule has 8 heteroatoms. The predicted octanol–water partition coefficient (Wildman–Crippen LogP) is 3.69. The molecule has 2 amide bonds. The number of furan rings is 1. The third-order valence-electron chi connectivity index (χ3n) is 4.10. The predicted molar refractivity (Wildman–Crippen MR) is 106 cm³/mol. The molecule has 3 heterocycles. The van der Waals surface area contributed by atoms with E-state index in [0.29, 0.717) is 28.9 Å². The van der Waals surface area contributed by atoms with Gasteiger partial charge < -0.3 is 15.1 Å². The first-order chi connectivity index (χ1) is 13.1. The lowest BCUT2D eigenvalue weighted by Crippen LogP contribution is -2.24. The first-order valence-electron chi connectivity index (χ1n) is 8.43. The second-order valence-electron chi connectivity index (χ2n) is 6.12. The molecule has 0 saturated heterocycles. The van der Waals surface area contributed by atoms with Gasteiger partial charge in [-0.25, -0.2) is 4.98 Å². The molecule has 0 aliphatic carbocycles. The maximum Gasteiger partial charge on any atom is 0.239 e. The molecule has 1 atom stereocenters. The molecule has 1 aromatic carbocycles. The molecule has 0 bridgehead atoms. The van der Waals surface area contributed by atoms with Gasteiger partial charge in [-0.15, -0.1) is 23.1 Å². The molecule has 138 valence electrons. The van der Waals surface area contributed by atoms with Crippen LogP contribution in [-0.4, -0.2) is 22.0 Å². The van der Waals surface area contributed by atoms with Gasteiger partial charge in [0.2, 0.25) is 11.8 Å². The summed E-state index contributed by atoms with van der Waals surface area (Å²) in [5.41, 5.74) is 1.87. The average Bonchev–Trinajstić information content (AvgIpc) is 3.38. The molecule has 2 aromatic heterocycles. The summed E-state index contributed by atoms with van der Waals surface area (Å²) >= 11 is 2.95. The largest absolute Gasteiger partial charge is 0.458 e. The summed E-state index contributed by atoms with van der Waals surface area (Å²) in [6, 6.07) is 11.7. The van der Waals surface area contributed by atoms with Gasteiger partial charge >= 0.3 is 0 Å². The highest BCUT2D eigenvalue weighted by Gasteiger charge is 2.28. The molecular formula is C19H17N3O3S2. The van der Waals surface area contributed by atoms with Crippen molar-refractivity contribution < 1.29 is 14.0 Å². The van der Waals surface area contributed by atoms with Crippen molar-refractivity contribution >= 4 is 40.0 Å². The Morgan fingerprint density at radius 1 is 1.26 bits per heavy atom. The van der Waals surface area contributed by atoms with Gasteiger partial charge in [0.15, 0.2) is 10.9 Å². The summed E-state index contributed by atoms with van der Waals surface area (Å²) in [6.45, 7) is 1.79. The van der Waals surface area contributed by atoms with Crippen LogP contribution in [0.4, 0.5) is 5.13 Å². The standard InChI is InChI=1S/C19H17N3O3S2/c1-11(23)20-9-13-6-7-15(25-13)14-10-26-19(21-14)22-18(24)17-8-12-4-2-3-5-16(12)27-17/h2-7,10,17H,8-9H2,1H3,(H,20,23)(H,21,22,24)/t17-/m0/s1. The maximum atomic E-state index is 12.6. The molecule has 0 fully saturated rings. The molecule has 0 saturated carbocycles. The third kappa shape index (κ3) is 4.06. The Balaban J connectivity index is 1.38. The number of aromatic nitrogens is 1. The van der Waals surface area contributed by atoms with E-state index in [-0.39, 0.29) is 17.1 Å². The number of benzene rings is 1. The lowest BCUT2D eigenvalue weighted by Gasteiger charge is -2.07. The van der Waals surface area contributed by atoms with Crippen molar-refractivity contribution in [2.45, 2.75) is 30.0 Å². The minimum absolute atomic E-state index is 0.0390. The number of nitrogens with zero attached hydrogens (tertiary/aromatic N) is 1. The van der Waals surface area contributed by atoms with Crippen LogP contribution in [0.15, 0.2) is 51.1 Å². The SMILES string of the molecule is CC(=O)NCc1ccc(-c2csc(NC(=O)[C@@H]3Cc4ccccc4S3)n2)o1. The van der Waals surface area contributed by atoms with Crippen molar-refractivity contribution in [3.8, 4) is 11.5 Å². The first-order valence-corrected chi connectivity index (χ1v) is 10.2. The molecule has 0 spiro atoms. The number of fused-ring (bicyclic) bond motifs is 1. The summed E-state index contributed by atoms with van der Waals surface area (Å²) < 4.78 is 5.69. The molecular weight excluding hydrogens is 382 g/mol. The fourth-order valence-corrected chi connectivity index (χ4v) is 4.68. The van der Waals surface area contributed by atoms with Crippen LogP contribution in [0.3, 0.4) is 0 Å². The molecule has 2 N–H and O–H groups in total. The minimum Gasteiger partial charge on any atom is -0.458 e. The van der Waals surface area contributed by atoms with E-state index in [0.717, 1.165) is 6.42 Å². The van der Waals surface area contributed by atoms with Crippen molar-refractivity contribution in [1.29, 1.82) is 0 Å². The Hall–Kier alpha value is -2.58. The number of carbonyl (C=O) groups is 2. The molecule has 6 nitrogen and oxygen atoms in total. The molecule has 1 aliphatic rings. The Bertz CT molecular complexity index is 971. The van der Waals surface area contributed by atoms with Gasteiger partial charge in [-0.2, -0.15) is 0 Å². The fourth-order valence-electron chi connectivity index (χ4n) is 2.78. The van der Waals surface area contributed by atoms with E-state index in [9.17, 15) is 9.59 Å². The number of hydrogen-bond acceptors (Lipinski definition) is 6. The number of amides is 2. The van der Waals surface area contributed by atoms with Gasteiger partial charge in [-0.1, -0.05) is 18.2 Å². The second kappa shape index (κ2) is 7.58. The van der Waals surface area contributed by atoms with Crippen LogP contribution in [-0.2, 0) is 22.6 Å². The summed E-state index contributed by atoms with van der Waals surface area (Å²) in [7, 11) is 0. The quantitative estimate of drug-likeness (QED) is 0.683. The number of nitrogens with one attached hydrogen (secondary N) is 2. The number of anilines is 1. The minimum atomic E-state index is -0.136. The van der Waals surface area contributed by atoms with Crippen LogP contribution in [0.5, 0.6) is 0 Å². The normalized spacial score (nSPS) is 15.4. The number of carbonyl (C=O) groups excluding carboxylic acids is 2. The van der Waals surface area contributed by atoms with E-state index in [1.54, 1.807) is 23.9 Å². The zero-order valence-corrected chi connectivity index (χ0v) is 16.2. The van der Waals surface area contributed by atoms with Gasteiger partial charge in [0.1, 0.15) is 11.5 Å². The highest BCUT2D eigenvalue weighted by atomic mass is 32.2. The lowest BCUT2D eigenvalue weighted by molar-refractivity contribution is -0.119. The van der Waals surface area contributed by atoms with Crippen molar-refractivity contribution in [1.82, 2.24) is 10.3 Å². The third-order valence-corrected chi connectivity index (χ3v) is 6.17. The van der Waals surface area contributed by atoms with Crippen LogP contribution in [0.25, 0.3) is 11.5 Å². The molecule has 0 unspecified atom stereocenters.